The first-order valence-corrected chi connectivity index (χ1v) is 7.72. The standard InChI is InChI=1S/C17H15FN4O4/c1-3-26-17(25)12-8-20-22-14(12)19-7-11(16(23)24)15(22)21-13-5-4-10(18)6-9(13)2/h4-8,21H,3H2,1-2H3,(H,23,24). The van der Waals surface area contributed by atoms with E-state index in [1.807, 2.05) is 0 Å². The topological polar surface area (TPSA) is 106 Å². The highest BCUT2D eigenvalue weighted by atomic mass is 19.1. The third-order valence-corrected chi connectivity index (χ3v) is 3.69. The summed E-state index contributed by atoms with van der Waals surface area (Å²) >= 11 is 0. The quantitative estimate of drug-likeness (QED) is 0.676. The number of aromatic nitrogens is 3. The molecule has 0 unspecified atom stereocenters. The summed E-state index contributed by atoms with van der Waals surface area (Å²) in [6.45, 7) is 3.53. The van der Waals surface area contributed by atoms with E-state index >= 15 is 0 Å². The van der Waals surface area contributed by atoms with Crippen molar-refractivity contribution in [3.8, 4) is 0 Å². The van der Waals surface area contributed by atoms with Gasteiger partial charge in [-0.05, 0) is 37.6 Å². The summed E-state index contributed by atoms with van der Waals surface area (Å²) in [4.78, 5) is 27.6. The molecule has 9 heteroatoms. The lowest BCUT2D eigenvalue weighted by molar-refractivity contribution is 0.0528. The van der Waals surface area contributed by atoms with Gasteiger partial charge >= 0.3 is 11.9 Å². The van der Waals surface area contributed by atoms with Crippen molar-refractivity contribution >= 4 is 29.1 Å². The van der Waals surface area contributed by atoms with Gasteiger partial charge in [0.2, 0.25) is 0 Å². The van der Waals surface area contributed by atoms with Gasteiger partial charge in [-0.2, -0.15) is 9.61 Å². The zero-order valence-electron chi connectivity index (χ0n) is 14.0. The van der Waals surface area contributed by atoms with E-state index in [9.17, 15) is 19.1 Å². The van der Waals surface area contributed by atoms with Gasteiger partial charge in [0.25, 0.3) is 0 Å². The molecule has 2 aromatic heterocycles. The van der Waals surface area contributed by atoms with Gasteiger partial charge in [0.1, 0.15) is 16.9 Å². The number of halogens is 1. The molecule has 1 aromatic carbocycles. The van der Waals surface area contributed by atoms with E-state index in [1.54, 1.807) is 13.8 Å². The van der Waals surface area contributed by atoms with Crippen molar-refractivity contribution < 1.29 is 23.8 Å². The number of nitrogens with zero attached hydrogens (tertiary/aromatic N) is 3. The normalized spacial score (nSPS) is 10.7. The summed E-state index contributed by atoms with van der Waals surface area (Å²) < 4.78 is 19.5. The van der Waals surface area contributed by atoms with Gasteiger partial charge in [0.05, 0.1) is 12.8 Å². The fraction of sp³-hybridized carbons (Fsp3) is 0.176. The zero-order chi connectivity index (χ0) is 18.8. The molecule has 134 valence electrons. The fourth-order valence-electron chi connectivity index (χ4n) is 2.46. The number of nitrogens with one attached hydrogen (secondary N) is 1. The van der Waals surface area contributed by atoms with E-state index in [1.165, 1.54) is 28.9 Å². The average Bonchev–Trinajstić information content (AvgIpc) is 3.02. The highest BCUT2D eigenvalue weighted by Gasteiger charge is 2.21. The fourth-order valence-corrected chi connectivity index (χ4v) is 2.46. The van der Waals surface area contributed by atoms with Crippen LogP contribution in [-0.4, -0.2) is 38.3 Å². The Morgan fingerprint density at radius 3 is 2.73 bits per heavy atom. The number of hydrogen-bond donors (Lipinski definition) is 2. The van der Waals surface area contributed by atoms with E-state index in [-0.39, 0.29) is 29.2 Å². The molecule has 26 heavy (non-hydrogen) atoms. The number of aryl methyl sites for hydroxylation is 1. The third kappa shape index (κ3) is 3.06. The molecule has 0 atom stereocenters. The molecule has 0 bridgehead atoms. The first-order valence-electron chi connectivity index (χ1n) is 7.72. The van der Waals surface area contributed by atoms with Crippen molar-refractivity contribution in [3.63, 3.8) is 0 Å². The number of carbonyl (C=O) groups excluding carboxylic acids is 1. The Bertz CT molecular complexity index is 1020. The van der Waals surface area contributed by atoms with Gasteiger partial charge in [-0.3, -0.25) is 0 Å². The van der Waals surface area contributed by atoms with Crippen LogP contribution in [0.25, 0.3) is 5.65 Å². The molecular weight excluding hydrogens is 343 g/mol. The Hall–Kier alpha value is -3.49. The first kappa shape index (κ1) is 17.3. The van der Waals surface area contributed by atoms with E-state index < -0.39 is 17.8 Å². The molecule has 3 aromatic rings. The highest BCUT2D eigenvalue weighted by Crippen LogP contribution is 2.25. The zero-order valence-corrected chi connectivity index (χ0v) is 14.0. The number of carbonyl (C=O) groups is 2. The smallest absolute Gasteiger partial charge is 0.343 e. The summed E-state index contributed by atoms with van der Waals surface area (Å²) in [6, 6.07) is 4.05. The van der Waals surface area contributed by atoms with Gasteiger partial charge in [0.15, 0.2) is 11.5 Å². The SMILES string of the molecule is CCOC(=O)c1cnn2c(Nc3ccc(F)cc3C)c(C(=O)O)cnc12. The van der Waals surface area contributed by atoms with E-state index in [0.29, 0.717) is 11.3 Å². The molecule has 0 saturated heterocycles. The first-order chi connectivity index (χ1) is 12.4. The molecule has 0 radical (unpaired) electrons. The van der Waals surface area contributed by atoms with Crippen LogP contribution in [0, 0.1) is 12.7 Å². The second kappa shape index (κ2) is 6.79. The molecule has 2 N–H and O–H groups in total. The Kier molecular flexibility index (Phi) is 4.53. The lowest BCUT2D eigenvalue weighted by Gasteiger charge is -2.13. The number of fused-ring (bicyclic) bond motifs is 1. The summed E-state index contributed by atoms with van der Waals surface area (Å²) in [6.07, 6.45) is 2.39. The highest BCUT2D eigenvalue weighted by molar-refractivity contribution is 5.98. The molecular formula is C17H15FN4O4. The van der Waals surface area contributed by atoms with Crippen molar-refractivity contribution in [3.05, 3.63) is 53.1 Å². The Balaban J connectivity index is 2.16. The third-order valence-electron chi connectivity index (χ3n) is 3.69. The van der Waals surface area contributed by atoms with E-state index in [2.05, 4.69) is 15.4 Å². The molecule has 0 fully saturated rings. The van der Waals surface area contributed by atoms with Crippen molar-refractivity contribution in [2.75, 3.05) is 11.9 Å². The number of anilines is 2. The van der Waals surface area contributed by atoms with Crippen molar-refractivity contribution in [1.29, 1.82) is 0 Å². The monoisotopic (exact) mass is 358 g/mol. The number of carboxylic acid groups (broad SMARTS) is 1. The molecule has 0 aliphatic rings. The molecule has 2 heterocycles. The average molecular weight is 358 g/mol. The van der Waals surface area contributed by atoms with Gasteiger partial charge in [-0.1, -0.05) is 0 Å². The van der Waals surface area contributed by atoms with Crippen LogP contribution in [0.2, 0.25) is 0 Å². The van der Waals surface area contributed by atoms with Crippen LogP contribution in [0.15, 0.2) is 30.6 Å². The molecule has 3 rings (SSSR count). The van der Waals surface area contributed by atoms with Crippen LogP contribution < -0.4 is 5.32 Å². The summed E-state index contributed by atoms with van der Waals surface area (Å²) in [5, 5.41) is 16.4. The summed E-state index contributed by atoms with van der Waals surface area (Å²) in [5.41, 5.74) is 1.18. The number of ether oxygens (including phenoxy) is 1. The number of hydrogen-bond acceptors (Lipinski definition) is 6. The van der Waals surface area contributed by atoms with Gasteiger partial charge in [-0.25, -0.2) is 19.0 Å². The van der Waals surface area contributed by atoms with Gasteiger partial charge in [0, 0.05) is 11.9 Å². The Morgan fingerprint density at radius 2 is 2.08 bits per heavy atom. The van der Waals surface area contributed by atoms with Crippen LogP contribution in [0.4, 0.5) is 15.9 Å². The predicted octanol–water partition coefficient (Wildman–Crippen LogP) is 2.80. The Labute approximate surface area is 147 Å². The van der Waals surface area contributed by atoms with Crippen LogP contribution in [0.3, 0.4) is 0 Å². The lowest BCUT2D eigenvalue weighted by atomic mass is 10.2. The maximum atomic E-state index is 13.3. The van der Waals surface area contributed by atoms with Crippen molar-refractivity contribution in [2.24, 2.45) is 0 Å². The van der Waals surface area contributed by atoms with Crippen LogP contribution in [-0.2, 0) is 4.74 Å². The van der Waals surface area contributed by atoms with Crippen LogP contribution in [0.1, 0.15) is 33.2 Å². The van der Waals surface area contributed by atoms with E-state index in [0.717, 1.165) is 6.20 Å². The number of rotatable bonds is 5. The number of carboxylic acids is 1. The van der Waals surface area contributed by atoms with Crippen LogP contribution >= 0.6 is 0 Å². The lowest BCUT2D eigenvalue weighted by Crippen LogP contribution is -2.11. The maximum absolute atomic E-state index is 13.3. The van der Waals surface area contributed by atoms with Gasteiger partial charge < -0.3 is 15.2 Å². The molecule has 8 nitrogen and oxygen atoms in total. The van der Waals surface area contributed by atoms with Crippen molar-refractivity contribution in [2.45, 2.75) is 13.8 Å². The van der Waals surface area contributed by atoms with Crippen LogP contribution in [0.5, 0.6) is 0 Å². The summed E-state index contributed by atoms with van der Waals surface area (Å²) in [5.74, 6) is -2.15. The van der Waals surface area contributed by atoms with E-state index in [4.69, 9.17) is 4.74 Å². The molecule has 0 spiro atoms. The summed E-state index contributed by atoms with van der Waals surface area (Å²) in [7, 11) is 0. The molecule has 0 amide bonds. The molecule has 0 aliphatic carbocycles. The minimum atomic E-state index is -1.23. The number of benzene rings is 1. The second-order valence-electron chi connectivity index (χ2n) is 5.42. The number of esters is 1. The minimum Gasteiger partial charge on any atom is -0.477 e. The number of aromatic carboxylic acids is 1. The minimum absolute atomic E-state index is 0.0905. The molecule has 0 saturated carbocycles. The Morgan fingerprint density at radius 1 is 1.31 bits per heavy atom. The van der Waals surface area contributed by atoms with Gasteiger partial charge in [-0.15, -0.1) is 0 Å². The largest absolute Gasteiger partial charge is 0.477 e. The molecule has 0 aliphatic heterocycles. The second-order valence-corrected chi connectivity index (χ2v) is 5.42. The van der Waals surface area contributed by atoms with Crippen molar-refractivity contribution in [1.82, 2.24) is 14.6 Å². The maximum Gasteiger partial charge on any atom is 0.343 e. The predicted molar refractivity (Wildman–Crippen MR) is 90.3 cm³/mol.